The lowest BCUT2D eigenvalue weighted by molar-refractivity contribution is 0.186. The zero-order chi connectivity index (χ0) is 19.9. The molecule has 1 fully saturated rings. The van der Waals surface area contributed by atoms with Gasteiger partial charge in [0.2, 0.25) is 0 Å². The van der Waals surface area contributed by atoms with Crippen molar-refractivity contribution in [2.75, 3.05) is 31.5 Å². The largest absolute Gasteiger partial charge is 0.338 e. The fourth-order valence-corrected chi connectivity index (χ4v) is 3.82. The van der Waals surface area contributed by atoms with Crippen LogP contribution in [-0.4, -0.2) is 46.9 Å². The molecular formula is C22H33N5O. The van der Waals surface area contributed by atoms with Crippen molar-refractivity contribution >= 4 is 11.8 Å². The van der Waals surface area contributed by atoms with Crippen LogP contribution in [0, 0.1) is 12.8 Å². The van der Waals surface area contributed by atoms with Gasteiger partial charge < -0.3 is 10.2 Å². The predicted octanol–water partition coefficient (Wildman–Crippen LogP) is 4.04. The van der Waals surface area contributed by atoms with Crippen molar-refractivity contribution in [3.05, 3.63) is 47.7 Å². The first-order valence-corrected chi connectivity index (χ1v) is 10.4. The summed E-state index contributed by atoms with van der Waals surface area (Å²) in [6, 6.07) is 10.2. The molecule has 1 aromatic heterocycles. The fourth-order valence-electron chi connectivity index (χ4n) is 3.82. The van der Waals surface area contributed by atoms with Gasteiger partial charge in [0, 0.05) is 18.3 Å². The number of nitrogens with zero attached hydrogens (tertiary/aromatic N) is 3. The molecular weight excluding hydrogens is 350 g/mol. The quantitative estimate of drug-likeness (QED) is 0.758. The minimum Gasteiger partial charge on any atom is -0.338 e. The summed E-state index contributed by atoms with van der Waals surface area (Å²) in [4.78, 5) is 14.8. The molecule has 1 saturated heterocycles. The third-order valence-electron chi connectivity index (χ3n) is 5.82. The molecule has 0 aliphatic carbocycles. The molecule has 152 valence electrons. The van der Waals surface area contributed by atoms with Gasteiger partial charge in [0.25, 0.3) is 0 Å². The Bertz CT molecular complexity index is 750. The maximum Gasteiger partial charge on any atom is 0.320 e. The summed E-state index contributed by atoms with van der Waals surface area (Å²) in [6.07, 6.45) is 5.49. The molecule has 1 aromatic carbocycles. The number of rotatable bonds is 7. The Balaban J connectivity index is 1.46. The topological polar surface area (TPSA) is 62.2 Å². The molecule has 6 nitrogen and oxygen atoms in total. The van der Waals surface area contributed by atoms with Crippen molar-refractivity contribution < 1.29 is 4.79 Å². The number of aromatic nitrogens is 2. The van der Waals surface area contributed by atoms with Crippen LogP contribution in [0.3, 0.4) is 0 Å². The lowest BCUT2D eigenvalue weighted by Gasteiger charge is -2.30. The van der Waals surface area contributed by atoms with Gasteiger partial charge in [0.1, 0.15) is 0 Å². The second-order valence-corrected chi connectivity index (χ2v) is 7.77. The van der Waals surface area contributed by atoms with E-state index in [0.29, 0.717) is 12.4 Å². The molecule has 2 aromatic rings. The van der Waals surface area contributed by atoms with E-state index in [4.69, 9.17) is 0 Å². The first kappa shape index (κ1) is 20.4. The van der Waals surface area contributed by atoms with Crippen LogP contribution < -0.4 is 10.6 Å². The minimum atomic E-state index is -0.174. The second-order valence-electron chi connectivity index (χ2n) is 7.77. The monoisotopic (exact) mass is 383 g/mol. The van der Waals surface area contributed by atoms with E-state index in [1.54, 1.807) is 0 Å². The maximum absolute atomic E-state index is 12.3. The lowest BCUT2D eigenvalue weighted by Crippen LogP contribution is -2.35. The van der Waals surface area contributed by atoms with E-state index in [9.17, 15) is 4.79 Å². The third kappa shape index (κ3) is 5.35. The Kier molecular flexibility index (Phi) is 7.09. The normalized spacial score (nSPS) is 16.7. The molecule has 1 aliphatic heterocycles. The van der Waals surface area contributed by atoms with E-state index in [1.807, 2.05) is 36.0 Å². The summed E-state index contributed by atoms with van der Waals surface area (Å²) in [5.74, 6) is 1.34. The van der Waals surface area contributed by atoms with Crippen molar-refractivity contribution in [3.8, 4) is 0 Å². The molecule has 2 heterocycles. The van der Waals surface area contributed by atoms with Crippen LogP contribution in [0.15, 0.2) is 36.5 Å². The number of hydrogen-bond donors (Lipinski definition) is 2. The zero-order valence-corrected chi connectivity index (χ0v) is 17.3. The van der Waals surface area contributed by atoms with E-state index in [2.05, 4.69) is 46.6 Å². The smallest absolute Gasteiger partial charge is 0.320 e. The number of anilines is 1. The first-order chi connectivity index (χ1) is 13.6. The lowest BCUT2D eigenvalue weighted by atomic mass is 9.93. The Hall–Kier alpha value is -2.34. The molecule has 6 heteroatoms. The average Bonchev–Trinajstić information content (AvgIpc) is 3.08. The molecule has 1 aliphatic rings. The molecule has 3 rings (SSSR count). The molecule has 2 N–H and O–H groups in total. The summed E-state index contributed by atoms with van der Waals surface area (Å²) in [5, 5.41) is 10.5. The zero-order valence-electron chi connectivity index (χ0n) is 17.3. The Morgan fingerprint density at radius 2 is 1.96 bits per heavy atom. The van der Waals surface area contributed by atoms with Gasteiger partial charge in [0.05, 0.1) is 6.04 Å². The van der Waals surface area contributed by atoms with E-state index >= 15 is 0 Å². The number of likely N-dealkylation sites (tertiary alicyclic amines) is 1. The highest BCUT2D eigenvalue weighted by Gasteiger charge is 2.18. The number of amides is 2. The summed E-state index contributed by atoms with van der Waals surface area (Å²) in [7, 11) is 0. The van der Waals surface area contributed by atoms with Gasteiger partial charge in [-0.3, -0.25) is 10.00 Å². The van der Waals surface area contributed by atoms with Crippen LogP contribution in [0.1, 0.15) is 50.3 Å². The van der Waals surface area contributed by atoms with Crippen molar-refractivity contribution in [3.63, 3.8) is 0 Å². The average molecular weight is 384 g/mol. The van der Waals surface area contributed by atoms with Crippen LogP contribution in [0.25, 0.3) is 0 Å². The second kappa shape index (κ2) is 9.73. The summed E-state index contributed by atoms with van der Waals surface area (Å²) in [6.45, 7) is 10.5. The highest BCUT2D eigenvalue weighted by atomic mass is 16.2. The van der Waals surface area contributed by atoms with E-state index in [1.165, 1.54) is 31.5 Å². The van der Waals surface area contributed by atoms with Crippen molar-refractivity contribution in [2.24, 2.45) is 5.92 Å². The van der Waals surface area contributed by atoms with Crippen LogP contribution in [0.5, 0.6) is 0 Å². The van der Waals surface area contributed by atoms with Crippen molar-refractivity contribution in [2.45, 2.75) is 46.1 Å². The SMILES string of the molecule is CCN1CCC(CCNC(=O)Nc2nn([C@@H](C)c3ccccc3)cc2C)CC1. The fraction of sp³-hybridized carbons (Fsp3) is 0.545. The number of aryl methyl sites for hydroxylation is 1. The standard InChI is InChI=1S/C22H33N5O/c1-4-26-14-11-19(12-15-26)10-13-23-22(28)24-21-17(2)16-27(25-21)18(3)20-8-6-5-7-9-20/h5-9,16,18-19H,4,10-15H2,1-3H3,(H2,23,24,25,28)/t18-/m0/s1. The van der Waals surface area contributed by atoms with Gasteiger partial charge in [-0.1, -0.05) is 37.3 Å². The number of piperidine rings is 1. The number of hydrogen-bond acceptors (Lipinski definition) is 3. The molecule has 0 spiro atoms. The Labute approximate surface area is 168 Å². The van der Waals surface area contributed by atoms with Gasteiger partial charge in [-0.25, -0.2) is 4.79 Å². The Morgan fingerprint density at radius 1 is 1.25 bits per heavy atom. The number of urea groups is 1. The van der Waals surface area contributed by atoms with Crippen LogP contribution in [0.4, 0.5) is 10.6 Å². The van der Waals surface area contributed by atoms with Gasteiger partial charge in [0.15, 0.2) is 5.82 Å². The minimum absolute atomic E-state index is 0.118. The molecule has 0 radical (unpaired) electrons. The molecule has 2 amide bonds. The van der Waals surface area contributed by atoms with Crippen LogP contribution in [-0.2, 0) is 0 Å². The summed E-state index contributed by atoms with van der Waals surface area (Å²) < 4.78 is 1.90. The van der Waals surface area contributed by atoms with Crippen molar-refractivity contribution in [1.29, 1.82) is 0 Å². The van der Waals surface area contributed by atoms with Crippen LogP contribution in [0.2, 0.25) is 0 Å². The Morgan fingerprint density at radius 3 is 2.64 bits per heavy atom. The first-order valence-electron chi connectivity index (χ1n) is 10.4. The van der Waals surface area contributed by atoms with Crippen LogP contribution >= 0.6 is 0 Å². The van der Waals surface area contributed by atoms with Gasteiger partial charge in [-0.05, 0) is 64.2 Å². The van der Waals surface area contributed by atoms with Crippen molar-refractivity contribution in [1.82, 2.24) is 20.0 Å². The number of carbonyl (C=O) groups is 1. The molecule has 1 atom stereocenters. The van der Waals surface area contributed by atoms with Gasteiger partial charge >= 0.3 is 6.03 Å². The predicted molar refractivity (Wildman–Crippen MR) is 114 cm³/mol. The van der Waals surface area contributed by atoms with E-state index in [0.717, 1.165) is 24.4 Å². The number of benzene rings is 1. The molecule has 28 heavy (non-hydrogen) atoms. The molecule has 0 saturated carbocycles. The molecule has 0 bridgehead atoms. The number of nitrogens with one attached hydrogen (secondary N) is 2. The summed E-state index contributed by atoms with van der Waals surface area (Å²) >= 11 is 0. The maximum atomic E-state index is 12.3. The van der Waals surface area contributed by atoms with E-state index < -0.39 is 0 Å². The highest BCUT2D eigenvalue weighted by Crippen LogP contribution is 2.21. The summed E-state index contributed by atoms with van der Waals surface area (Å²) in [5.41, 5.74) is 2.15. The van der Waals surface area contributed by atoms with E-state index in [-0.39, 0.29) is 12.1 Å². The van der Waals surface area contributed by atoms with Gasteiger partial charge in [-0.15, -0.1) is 0 Å². The third-order valence-corrected chi connectivity index (χ3v) is 5.82. The molecule has 0 unspecified atom stereocenters. The highest BCUT2D eigenvalue weighted by molar-refractivity contribution is 5.88. The van der Waals surface area contributed by atoms with Gasteiger partial charge in [-0.2, -0.15) is 5.10 Å². The number of carbonyl (C=O) groups excluding carboxylic acids is 1.